The van der Waals surface area contributed by atoms with Crippen LogP contribution in [0.3, 0.4) is 0 Å². The number of aliphatic hydroxyl groups is 7. The average molecular weight is 326 g/mol. The fraction of sp³-hybridized carbons (Fsp3) is 1.00. The summed E-state index contributed by atoms with van der Waals surface area (Å²) in [6.07, 6.45) is -14.3. The minimum Gasteiger partial charge on any atom is -0.394 e. The lowest BCUT2D eigenvalue weighted by Gasteiger charge is -2.44. The Labute approximate surface area is 126 Å². The van der Waals surface area contributed by atoms with Crippen molar-refractivity contribution in [2.45, 2.75) is 68.3 Å². The quantitative estimate of drug-likeness (QED) is 0.269. The van der Waals surface area contributed by atoms with Crippen molar-refractivity contribution >= 4 is 0 Å². The Hall–Kier alpha value is -0.400. The van der Waals surface area contributed by atoms with Gasteiger partial charge in [0.05, 0.1) is 12.7 Å². The molecule has 0 aromatic carbocycles. The third kappa shape index (κ3) is 3.26. The van der Waals surface area contributed by atoms with Crippen LogP contribution in [0.2, 0.25) is 0 Å². The lowest BCUT2D eigenvalue weighted by atomic mass is 9.97. The van der Waals surface area contributed by atoms with E-state index in [1.165, 1.54) is 6.92 Å². The summed E-state index contributed by atoms with van der Waals surface area (Å²) >= 11 is 0. The second-order valence-corrected chi connectivity index (χ2v) is 5.51. The minimum absolute atomic E-state index is 0.636. The molecule has 2 rings (SSSR count). The normalized spacial score (nSPS) is 53.5. The molecule has 2 saturated heterocycles. The molecule has 2 heterocycles. The molecule has 10 heteroatoms. The van der Waals surface area contributed by atoms with Gasteiger partial charge in [0.1, 0.15) is 42.7 Å². The first-order valence-corrected chi connectivity index (χ1v) is 6.93. The fourth-order valence-electron chi connectivity index (χ4n) is 2.51. The molecule has 0 aliphatic carbocycles. The Morgan fingerprint density at radius 1 is 0.818 bits per heavy atom. The highest BCUT2D eigenvalue weighted by Crippen LogP contribution is 2.28. The van der Waals surface area contributed by atoms with Crippen LogP contribution in [0.1, 0.15) is 6.92 Å². The van der Waals surface area contributed by atoms with Crippen LogP contribution < -0.4 is 0 Å². The van der Waals surface area contributed by atoms with Crippen molar-refractivity contribution in [2.24, 2.45) is 0 Å². The highest BCUT2D eigenvalue weighted by atomic mass is 16.7. The molecule has 0 aromatic heterocycles. The summed E-state index contributed by atoms with van der Waals surface area (Å²) < 4.78 is 15.3. The summed E-state index contributed by atoms with van der Waals surface area (Å²) in [6.45, 7) is 0.812. The van der Waals surface area contributed by atoms with Crippen LogP contribution in [-0.2, 0) is 14.2 Å². The van der Waals surface area contributed by atoms with Gasteiger partial charge in [0.2, 0.25) is 0 Å². The van der Waals surface area contributed by atoms with Crippen molar-refractivity contribution < 1.29 is 50.0 Å². The Kier molecular flexibility index (Phi) is 5.72. The van der Waals surface area contributed by atoms with Crippen LogP contribution in [-0.4, -0.2) is 104 Å². The van der Waals surface area contributed by atoms with E-state index in [-0.39, 0.29) is 0 Å². The zero-order chi connectivity index (χ0) is 16.6. The first kappa shape index (κ1) is 17.9. The molecule has 0 amide bonds. The molecule has 0 spiro atoms. The Morgan fingerprint density at radius 3 is 2.05 bits per heavy atom. The van der Waals surface area contributed by atoms with E-state index in [0.29, 0.717) is 0 Å². The molecule has 10 nitrogen and oxygen atoms in total. The van der Waals surface area contributed by atoms with Crippen LogP contribution in [0.25, 0.3) is 0 Å². The summed E-state index contributed by atoms with van der Waals surface area (Å²) in [4.78, 5) is 0. The number of hydrogen-bond acceptors (Lipinski definition) is 10. The second kappa shape index (κ2) is 7.01. The third-order valence-corrected chi connectivity index (χ3v) is 3.94. The molecule has 2 fully saturated rings. The second-order valence-electron chi connectivity index (χ2n) is 5.51. The van der Waals surface area contributed by atoms with Crippen LogP contribution in [0.4, 0.5) is 0 Å². The van der Waals surface area contributed by atoms with Crippen molar-refractivity contribution in [1.29, 1.82) is 0 Å². The van der Waals surface area contributed by atoms with E-state index in [0.717, 1.165) is 0 Å². The molecule has 0 saturated carbocycles. The first-order valence-electron chi connectivity index (χ1n) is 6.93. The number of hydrogen-bond donors (Lipinski definition) is 7. The smallest absolute Gasteiger partial charge is 0.187 e. The van der Waals surface area contributed by atoms with Crippen LogP contribution in [0.5, 0.6) is 0 Å². The molecule has 0 unspecified atom stereocenters. The zero-order valence-corrected chi connectivity index (χ0v) is 11.8. The van der Waals surface area contributed by atoms with E-state index in [4.69, 9.17) is 19.3 Å². The maximum absolute atomic E-state index is 9.96. The van der Waals surface area contributed by atoms with E-state index in [1.807, 2.05) is 0 Å². The molecule has 10 atom stereocenters. The largest absolute Gasteiger partial charge is 0.394 e. The molecule has 2 aliphatic rings. The predicted octanol–water partition coefficient (Wildman–Crippen LogP) is -4.37. The van der Waals surface area contributed by atoms with E-state index in [1.54, 1.807) is 0 Å². The van der Waals surface area contributed by atoms with Gasteiger partial charge >= 0.3 is 0 Å². The van der Waals surface area contributed by atoms with Gasteiger partial charge in [-0.3, -0.25) is 0 Å². The van der Waals surface area contributed by atoms with Gasteiger partial charge in [0.15, 0.2) is 12.6 Å². The first-order chi connectivity index (χ1) is 10.3. The molecule has 0 aromatic rings. The summed E-state index contributed by atoms with van der Waals surface area (Å²) in [6, 6.07) is 0. The maximum Gasteiger partial charge on any atom is 0.187 e. The SMILES string of the molecule is C[C@@H]1O[C@@H](O)[C@H](O)[C@H](O[C@H]2O[C@H](CO)[C@@H](O)[C@H](O)[C@@H]2O)[C@H]1O. The Morgan fingerprint density at radius 2 is 1.45 bits per heavy atom. The van der Waals surface area contributed by atoms with Crippen molar-refractivity contribution in [3.05, 3.63) is 0 Å². The molecule has 0 bridgehead atoms. The average Bonchev–Trinajstić information content (AvgIpc) is 2.49. The Bertz CT molecular complexity index is 352. The van der Waals surface area contributed by atoms with E-state index >= 15 is 0 Å². The fourth-order valence-corrected chi connectivity index (χ4v) is 2.51. The molecule has 7 N–H and O–H groups in total. The number of aliphatic hydroxyl groups excluding tert-OH is 7. The van der Waals surface area contributed by atoms with Gasteiger partial charge in [-0.1, -0.05) is 0 Å². The van der Waals surface area contributed by atoms with Crippen LogP contribution in [0.15, 0.2) is 0 Å². The lowest BCUT2D eigenvalue weighted by Crippen LogP contribution is -2.63. The highest BCUT2D eigenvalue weighted by molar-refractivity contribution is 4.92. The summed E-state index contributed by atoms with van der Waals surface area (Å²) in [5.41, 5.74) is 0. The van der Waals surface area contributed by atoms with Crippen LogP contribution in [0, 0.1) is 0 Å². The van der Waals surface area contributed by atoms with Crippen molar-refractivity contribution in [2.75, 3.05) is 6.61 Å². The van der Waals surface area contributed by atoms with Crippen LogP contribution >= 0.6 is 0 Å². The Balaban J connectivity index is 2.10. The minimum atomic E-state index is -1.67. The maximum atomic E-state index is 9.96. The monoisotopic (exact) mass is 326 g/mol. The van der Waals surface area contributed by atoms with Crippen molar-refractivity contribution in [3.8, 4) is 0 Å². The lowest BCUT2D eigenvalue weighted by molar-refractivity contribution is -0.353. The molecule has 130 valence electrons. The molecule has 22 heavy (non-hydrogen) atoms. The van der Waals surface area contributed by atoms with Gasteiger partial charge in [-0.2, -0.15) is 0 Å². The van der Waals surface area contributed by atoms with Crippen molar-refractivity contribution in [1.82, 2.24) is 0 Å². The van der Waals surface area contributed by atoms with Gasteiger partial charge in [0, 0.05) is 0 Å². The summed E-state index contributed by atoms with van der Waals surface area (Å²) in [5, 5.41) is 67.6. The predicted molar refractivity (Wildman–Crippen MR) is 67.2 cm³/mol. The topological polar surface area (TPSA) is 169 Å². The van der Waals surface area contributed by atoms with Gasteiger partial charge in [-0.15, -0.1) is 0 Å². The third-order valence-electron chi connectivity index (χ3n) is 3.94. The number of ether oxygens (including phenoxy) is 3. The van der Waals surface area contributed by atoms with Crippen molar-refractivity contribution in [3.63, 3.8) is 0 Å². The van der Waals surface area contributed by atoms with Gasteiger partial charge in [-0.25, -0.2) is 0 Å². The standard InChI is InChI=1S/C12H22O10/c1-3-5(14)10(9(18)11(19)20-3)22-12-8(17)7(16)6(15)4(2-13)21-12/h3-19H,2H2,1H3/t3-,4+,5-,6+,7-,8-,9+,10+,11+,12+/m0/s1. The highest BCUT2D eigenvalue weighted by Gasteiger charge is 2.49. The van der Waals surface area contributed by atoms with Gasteiger partial charge in [-0.05, 0) is 6.92 Å². The van der Waals surface area contributed by atoms with Gasteiger partial charge in [0.25, 0.3) is 0 Å². The van der Waals surface area contributed by atoms with E-state index in [2.05, 4.69) is 0 Å². The molecular formula is C12H22O10. The molecular weight excluding hydrogens is 304 g/mol. The van der Waals surface area contributed by atoms with E-state index in [9.17, 15) is 30.6 Å². The molecule has 0 radical (unpaired) electrons. The molecule has 2 aliphatic heterocycles. The van der Waals surface area contributed by atoms with Gasteiger partial charge < -0.3 is 50.0 Å². The summed E-state index contributed by atoms with van der Waals surface area (Å²) in [7, 11) is 0. The number of rotatable bonds is 3. The summed E-state index contributed by atoms with van der Waals surface area (Å²) in [5.74, 6) is 0. The van der Waals surface area contributed by atoms with E-state index < -0.39 is 68.0 Å². The zero-order valence-electron chi connectivity index (χ0n) is 11.8.